The molecule has 1 aliphatic rings. The molecule has 2 amide bonds. The smallest absolute Gasteiger partial charge is 0.322 e. The summed E-state index contributed by atoms with van der Waals surface area (Å²) in [5.41, 5.74) is 0. The molecule has 1 fully saturated rings. The fourth-order valence-electron chi connectivity index (χ4n) is 1.89. The third-order valence-electron chi connectivity index (χ3n) is 2.81. The van der Waals surface area contributed by atoms with E-state index in [-0.39, 0.29) is 31.4 Å². The molecule has 1 aromatic heterocycles. The van der Waals surface area contributed by atoms with E-state index in [0.29, 0.717) is 5.76 Å². The summed E-state index contributed by atoms with van der Waals surface area (Å²) in [6, 6.07) is 0.618. The maximum Gasteiger partial charge on any atom is 0.322 e. The summed E-state index contributed by atoms with van der Waals surface area (Å²) in [7, 11) is 0. The van der Waals surface area contributed by atoms with Crippen molar-refractivity contribution in [1.29, 1.82) is 0 Å². The molecule has 1 aromatic rings. The number of carboxylic acid groups (broad SMARTS) is 1. The molecule has 9 heteroatoms. The lowest BCUT2D eigenvalue weighted by molar-refractivity contribution is -0.146. The number of nitrogens with zero attached hydrogens (tertiary/aromatic N) is 2. The molecule has 20 heavy (non-hydrogen) atoms. The molecule has 0 saturated carbocycles. The van der Waals surface area contributed by atoms with Gasteiger partial charge in [-0.25, -0.2) is 0 Å². The number of anilines is 1. The first-order valence-corrected chi connectivity index (χ1v) is 5.92. The van der Waals surface area contributed by atoms with Gasteiger partial charge in [0, 0.05) is 12.6 Å². The Balaban J connectivity index is 1.97. The Hall–Kier alpha value is -2.42. The zero-order valence-corrected chi connectivity index (χ0v) is 10.8. The number of carbonyl (C=O) groups excluding carboxylic acids is 2. The highest BCUT2D eigenvalue weighted by Gasteiger charge is 2.33. The van der Waals surface area contributed by atoms with E-state index in [1.165, 1.54) is 11.0 Å². The summed E-state index contributed by atoms with van der Waals surface area (Å²) < 4.78 is 4.80. The monoisotopic (exact) mass is 282 g/mol. The summed E-state index contributed by atoms with van der Waals surface area (Å²) in [5, 5.41) is 17.6. The number of carbonyl (C=O) groups is 3. The van der Waals surface area contributed by atoms with Gasteiger partial charge in [-0.15, -0.1) is 0 Å². The number of aryl methyl sites for hydroxylation is 1. The van der Waals surface area contributed by atoms with Gasteiger partial charge in [-0.1, -0.05) is 5.16 Å². The number of nitrogens with one attached hydrogen (secondary N) is 2. The summed E-state index contributed by atoms with van der Waals surface area (Å²) in [5.74, 6) is -1.07. The number of hydrogen-bond acceptors (Lipinski definition) is 6. The van der Waals surface area contributed by atoms with Gasteiger partial charge in [0.15, 0.2) is 5.82 Å². The molecule has 1 aliphatic heterocycles. The predicted molar refractivity (Wildman–Crippen MR) is 65.9 cm³/mol. The number of hydrogen-bond donors (Lipinski definition) is 3. The Morgan fingerprint density at radius 2 is 2.40 bits per heavy atom. The van der Waals surface area contributed by atoms with Crippen LogP contribution in [0.25, 0.3) is 0 Å². The van der Waals surface area contributed by atoms with Crippen molar-refractivity contribution in [2.75, 3.05) is 25.0 Å². The highest BCUT2D eigenvalue weighted by molar-refractivity contribution is 5.92. The zero-order valence-electron chi connectivity index (χ0n) is 10.8. The molecule has 1 atom stereocenters. The van der Waals surface area contributed by atoms with E-state index in [4.69, 9.17) is 9.63 Å². The molecule has 108 valence electrons. The highest BCUT2D eigenvalue weighted by atomic mass is 16.5. The second kappa shape index (κ2) is 5.70. The molecular weight excluding hydrogens is 268 g/mol. The van der Waals surface area contributed by atoms with Crippen LogP contribution in [0.2, 0.25) is 0 Å². The van der Waals surface area contributed by atoms with Crippen LogP contribution in [0.5, 0.6) is 0 Å². The van der Waals surface area contributed by atoms with Crippen LogP contribution >= 0.6 is 0 Å². The fraction of sp³-hybridized carbons (Fsp3) is 0.455. The SMILES string of the molecule is Cc1cc(NC(=O)CN2CC(=O)NCC2C(=O)O)no1. The lowest BCUT2D eigenvalue weighted by atomic mass is 10.2. The minimum Gasteiger partial charge on any atom is -0.480 e. The van der Waals surface area contributed by atoms with Crippen molar-refractivity contribution in [1.82, 2.24) is 15.4 Å². The molecule has 0 aromatic carbocycles. The Morgan fingerprint density at radius 3 is 3.00 bits per heavy atom. The number of aliphatic carboxylic acids is 1. The summed E-state index contributed by atoms with van der Waals surface area (Å²) in [4.78, 5) is 35.4. The number of aromatic nitrogens is 1. The standard InChI is InChI=1S/C11H14N4O5/c1-6-2-8(14-20-6)13-10(17)5-15-4-9(16)12-3-7(15)11(18)19/h2,7H,3-5H2,1H3,(H,12,16)(H,18,19)(H,13,14,17). The molecule has 2 heterocycles. The van der Waals surface area contributed by atoms with Crippen LogP contribution < -0.4 is 10.6 Å². The number of rotatable bonds is 4. The summed E-state index contributed by atoms with van der Waals surface area (Å²) in [6.45, 7) is 1.31. The second-order valence-electron chi connectivity index (χ2n) is 4.43. The molecule has 0 spiro atoms. The fourth-order valence-corrected chi connectivity index (χ4v) is 1.89. The van der Waals surface area contributed by atoms with Gasteiger partial charge in [0.2, 0.25) is 11.8 Å². The summed E-state index contributed by atoms with van der Waals surface area (Å²) in [6.07, 6.45) is 0. The Kier molecular flexibility index (Phi) is 3.99. The molecule has 0 aliphatic carbocycles. The first-order chi connectivity index (χ1) is 9.45. The van der Waals surface area contributed by atoms with Gasteiger partial charge in [0.25, 0.3) is 0 Å². The Bertz CT molecular complexity index is 541. The van der Waals surface area contributed by atoms with E-state index < -0.39 is 17.9 Å². The predicted octanol–water partition coefficient (Wildman–Crippen LogP) is -1.19. The minimum absolute atomic E-state index is 0.0233. The van der Waals surface area contributed by atoms with Crippen LogP contribution in [-0.4, -0.2) is 58.6 Å². The third-order valence-corrected chi connectivity index (χ3v) is 2.81. The average Bonchev–Trinajstić information content (AvgIpc) is 2.74. The van der Waals surface area contributed by atoms with E-state index >= 15 is 0 Å². The topological polar surface area (TPSA) is 125 Å². The number of amides is 2. The maximum absolute atomic E-state index is 11.8. The zero-order chi connectivity index (χ0) is 14.7. The van der Waals surface area contributed by atoms with Crippen molar-refractivity contribution in [3.63, 3.8) is 0 Å². The molecule has 0 bridgehead atoms. The number of carboxylic acids is 1. The average molecular weight is 282 g/mol. The van der Waals surface area contributed by atoms with Gasteiger partial charge in [-0.3, -0.25) is 19.3 Å². The Labute approximate surface area is 113 Å². The van der Waals surface area contributed by atoms with Crippen molar-refractivity contribution in [3.8, 4) is 0 Å². The quantitative estimate of drug-likeness (QED) is 0.633. The van der Waals surface area contributed by atoms with Crippen molar-refractivity contribution >= 4 is 23.6 Å². The summed E-state index contributed by atoms with van der Waals surface area (Å²) >= 11 is 0. The van der Waals surface area contributed by atoms with E-state index in [1.54, 1.807) is 6.92 Å². The van der Waals surface area contributed by atoms with Crippen LogP contribution in [0.1, 0.15) is 5.76 Å². The lowest BCUT2D eigenvalue weighted by Gasteiger charge is -2.31. The van der Waals surface area contributed by atoms with E-state index in [1.807, 2.05) is 0 Å². The first kappa shape index (κ1) is 14.0. The molecular formula is C11H14N4O5. The van der Waals surface area contributed by atoms with E-state index in [2.05, 4.69) is 15.8 Å². The van der Waals surface area contributed by atoms with E-state index in [0.717, 1.165) is 0 Å². The van der Waals surface area contributed by atoms with Crippen LogP contribution in [0.15, 0.2) is 10.6 Å². The van der Waals surface area contributed by atoms with Crippen molar-refractivity contribution in [2.24, 2.45) is 0 Å². The van der Waals surface area contributed by atoms with Gasteiger partial charge < -0.3 is 20.3 Å². The largest absolute Gasteiger partial charge is 0.480 e. The Morgan fingerprint density at radius 1 is 1.65 bits per heavy atom. The van der Waals surface area contributed by atoms with Crippen molar-refractivity contribution in [3.05, 3.63) is 11.8 Å². The highest BCUT2D eigenvalue weighted by Crippen LogP contribution is 2.08. The lowest BCUT2D eigenvalue weighted by Crippen LogP contribution is -2.58. The molecule has 1 saturated heterocycles. The van der Waals surface area contributed by atoms with Crippen LogP contribution in [0.4, 0.5) is 5.82 Å². The molecule has 9 nitrogen and oxygen atoms in total. The number of piperazine rings is 1. The van der Waals surface area contributed by atoms with Gasteiger partial charge in [0.05, 0.1) is 13.1 Å². The van der Waals surface area contributed by atoms with Crippen molar-refractivity contribution < 1.29 is 24.0 Å². The first-order valence-electron chi connectivity index (χ1n) is 5.92. The molecule has 0 radical (unpaired) electrons. The second-order valence-corrected chi connectivity index (χ2v) is 4.43. The molecule has 3 N–H and O–H groups in total. The third kappa shape index (κ3) is 3.32. The molecule has 2 rings (SSSR count). The van der Waals surface area contributed by atoms with Crippen LogP contribution in [0, 0.1) is 6.92 Å². The van der Waals surface area contributed by atoms with Gasteiger partial charge >= 0.3 is 5.97 Å². The van der Waals surface area contributed by atoms with Crippen molar-refractivity contribution in [2.45, 2.75) is 13.0 Å². The maximum atomic E-state index is 11.8. The van der Waals surface area contributed by atoms with Crippen LogP contribution in [0.3, 0.4) is 0 Å². The van der Waals surface area contributed by atoms with Gasteiger partial charge in [-0.05, 0) is 6.92 Å². The molecule has 1 unspecified atom stereocenters. The normalized spacial score (nSPS) is 19.4. The van der Waals surface area contributed by atoms with Gasteiger partial charge in [0.1, 0.15) is 11.8 Å². The minimum atomic E-state index is -1.09. The van der Waals surface area contributed by atoms with Crippen LogP contribution in [-0.2, 0) is 14.4 Å². The van der Waals surface area contributed by atoms with Gasteiger partial charge in [-0.2, -0.15) is 0 Å². The van der Waals surface area contributed by atoms with E-state index in [9.17, 15) is 14.4 Å².